The zero-order valence-electron chi connectivity index (χ0n) is 15.4. The second-order valence-corrected chi connectivity index (χ2v) is 5.82. The molecule has 3 rings (SSSR count). The van der Waals surface area contributed by atoms with Crippen molar-refractivity contribution in [3.8, 4) is 17.2 Å². The summed E-state index contributed by atoms with van der Waals surface area (Å²) in [7, 11) is 0. The molecule has 0 atom stereocenters. The lowest BCUT2D eigenvalue weighted by Gasteiger charge is -2.12. The zero-order valence-corrected chi connectivity index (χ0v) is 15.4. The molecule has 1 heterocycles. The number of esters is 1. The average Bonchev–Trinajstić information content (AvgIpc) is 2.63. The minimum Gasteiger partial charge on any atom is -0.490 e. The van der Waals surface area contributed by atoms with Gasteiger partial charge in [-0.15, -0.1) is 0 Å². The Kier molecular flexibility index (Phi) is 5.45. The molecule has 0 aliphatic rings. The van der Waals surface area contributed by atoms with Crippen LogP contribution in [0.25, 0.3) is 11.0 Å². The van der Waals surface area contributed by atoms with Crippen LogP contribution in [0.4, 0.5) is 0 Å². The fourth-order valence-electron chi connectivity index (χ4n) is 2.71. The van der Waals surface area contributed by atoms with Crippen LogP contribution in [-0.4, -0.2) is 19.2 Å². The Bertz CT molecular complexity index is 1030. The van der Waals surface area contributed by atoms with E-state index < -0.39 is 11.6 Å². The van der Waals surface area contributed by atoms with Crippen molar-refractivity contribution in [2.45, 2.75) is 20.8 Å². The molecule has 0 N–H and O–H groups in total. The van der Waals surface area contributed by atoms with Gasteiger partial charge in [0.15, 0.2) is 11.5 Å². The summed E-state index contributed by atoms with van der Waals surface area (Å²) in [6, 6.07) is 11.2. The molecule has 0 spiro atoms. The molecule has 27 heavy (non-hydrogen) atoms. The number of hydrogen-bond acceptors (Lipinski definition) is 6. The van der Waals surface area contributed by atoms with E-state index in [4.69, 9.17) is 18.6 Å². The third-order valence-corrected chi connectivity index (χ3v) is 3.91. The van der Waals surface area contributed by atoms with E-state index in [0.717, 1.165) is 10.9 Å². The number of benzene rings is 2. The molecule has 1 aromatic heterocycles. The molecule has 2 aromatic carbocycles. The van der Waals surface area contributed by atoms with Gasteiger partial charge in [-0.2, -0.15) is 0 Å². The van der Waals surface area contributed by atoms with Gasteiger partial charge < -0.3 is 18.6 Å². The van der Waals surface area contributed by atoms with Crippen molar-refractivity contribution in [2.75, 3.05) is 13.2 Å². The molecule has 0 bridgehead atoms. The molecular formula is C21H20O6. The normalized spacial score (nSPS) is 10.6. The maximum atomic E-state index is 12.5. The van der Waals surface area contributed by atoms with E-state index in [2.05, 4.69) is 0 Å². The smallest absolute Gasteiger partial charge is 0.343 e. The summed E-state index contributed by atoms with van der Waals surface area (Å²) in [5.41, 5.74) is 1.04. The van der Waals surface area contributed by atoms with Crippen molar-refractivity contribution in [1.29, 1.82) is 0 Å². The second-order valence-electron chi connectivity index (χ2n) is 5.82. The highest BCUT2D eigenvalue weighted by atomic mass is 16.5. The van der Waals surface area contributed by atoms with Crippen molar-refractivity contribution < 1.29 is 23.4 Å². The molecule has 0 radical (unpaired) electrons. The van der Waals surface area contributed by atoms with Crippen LogP contribution >= 0.6 is 0 Å². The van der Waals surface area contributed by atoms with Crippen LogP contribution in [-0.2, 0) is 0 Å². The largest absolute Gasteiger partial charge is 0.490 e. The van der Waals surface area contributed by atoms with Crippen LogP contribution in [0.1, 0.15) is 29.8 Å². The first-order chi connectivity index (χ1) is 13.0. The number of ether oxygens (including phenoxy) is 3. The summed E-state index contributed by atoms with van der Waals surface area (Å²) < 4.78 is 21.6. The van der Waals surface area contributed by atoms with Gasteiger partial charge in [-0.25, -0.2) is 9.59 Å². The average molecular weight is 368 g/mol. The van der Waals surface area contributed by atoms with Crippen LogP contribution in [0.3, 0.4) is 0 Å². The molecule has 0 saturated heterocycles. The summed E-state index contributed by atoms with van der Waals surface area (Å²) in [6.45, 7) is 6.48. The minimum atomic E-state index is -0.548. The molecule has 6 nitrogen and oxygen atoms in total. The lowest BCUT2D eigenvalue weighted by molar-refractivity contribution is 0.0734. The molecule has 140 valence electrons. The summed E-state index contributed by atoms with van der Waals surface area (Å²) in [4.78, 5) is 24.0. The third kappa shape index (κ3) is 4.11. The highest BCUT2D eigenvalue weighted by Gasteiger charge is 2.14. The first-order valence-corrected chi connectivity index (χ1v) is 8.68. The lowest BCUT2D eigenvalue weighted by Crippen LogP contribution is -2.09. The summed E-state index contributed by atoms with van der Waals surface area (Å²) in [5.74, 6) is 0.786. The van der Waals surface area contributed by atoms with Gasteiger partial charge in [0.2, 0.25) is 0 Å². The van der Waals surface area contributed by atoms with Gasteiger partial charge in [0, 0.05) is 17.5 Å². The molecule has 0 aliphatic carbocycles. The van der Waals surface area contributed by atoms with E-state index >= 15 is 0 Å². The molecule has 3 aromatic rings. The Hall–Kier alpha value is -3.28. The van der Waals surface area contributed by atoms with E-state index in [-0.39, 0.29) is 5.75 Å². The second kappa shape index (κ2) is 7.95. The fraction of sp³-hybridized carbons (Fsp3) is 0.238. The van der Waals surface area contributed by atoms with E-state index in [1.807, 2.05) is 20.8 Å². The number of fused-ring (bicyclic) bond motifs is 1. The Morgan fingerprint density at radius 1 is 0.963 bits per heavy atom. The standard InChI is InChI=1S/C21H20O6/c1-4-24-17-9-6-14(11-19(17)25-5-2)21(23)26-15-7-8-16-13(3)10-20(22)27-18(16)12-15/h6-12H,4-5H2,1-3H3. The molecular weight excluding hydrogens is 348 g/mol. The topological polar surface area (TPSA) is 75.0 Å². The van der Waals surface area contributed by atoms with Gasteiger partial charge in [-0.3, -0.25) is 0 Å². The van der Waals surface area contributed by atoms with Crippen molar-refractivity contribution in [3.63, 3.8) is 0 Å². The zero-order chi connectivity index (χ0) is 19.4. The molecule has 0 saturated carbocycles. The highest BCUT2D eigenvalue weighted by molar-refractivity contribution is 5.92. The number of rotatable bonds is 6. The van der Waals surface area contributed by atoms with Crippen molar-refractivity contribution in [2.24, 2.45) is 0 Å². The van der Waals surface area contributed by atoms with Crippen LogP contribution in [0.2, 0.25) is 0 Å². The van der Waals surface area contributed by atoms with Crippen LogP contribution in [0, 0.1) is 6.92 Å². The first kappa shape index (κ1) is 18.5. The molecule has 0 unspecified atom stereocenters. The molecule has 0 amide bonds. The number of carbonyl (C=O) groups excluding carboxylic acids is 1. The minimum absolute atomic E-state index is 0.285. The number of carbonyl (C=O) groups is 1. The van der Waals surface area contributed by atoms with E-state index in [0.29, 0.717) is 35.9 Å². The maximum absolute atomic E-state index is 12.5. The summed E-state index contributed by atoms with van der Waals surface area (Å²) in [6.07, 6.45) is 0. The predicted molar refractivity (Wildman–Crippen MR) is 101 cm³/mol. The van der Waals surface area contributed by atoms with Gasteiger partial charge in [0.05, 0.1) is 18.8 Å². The number of aryl methyl sites for hydroxylation is 1. The molecule has 6 heteroatoms. The van der Waals surface area contributed by atoms with Gasteiger partial charge in [0.1, 0.15) is 11.3 Å². The van der Waals surface area contributed by atoms with E-state index in [9.17, 15) is 9.59 Å². The molecule has 0 aliphatic heterocycles. The van der Waals surface area contributed by atoms with E-state index in [1.54, 1.807) is 30.3 Å². The van der Waals surface area contributed by atoms with Crippen LogP contribution < -0.4 is 19.8 Å². The third-order valence-electron chi connectivity index (χ3n) is 3.91. The van der Waals surface area contributed by atoms with Crippen molar-refractivity contribution in [1.82, 2.24) is 0 Å². The quantitative estimate of drug-likeness (QED) is 0.370. The van der Waals surface area contributed by atoms with E-state index in [1.165, 1.54) is 12.1 Å². The fourth-order valence-corrected chi connectivity index (χ4v) is 2.71. The van der Waals surface area contributed by atoms with Crippen molar-refractivity contribution >= 4 is 16.9 Å². The lowest BCUT2D eigenvalue weighted by atomic mass is 10.1. The Balaban J connectivity index is 1.87. The Labute approximate surface area is 156 Å². The molecule has 0 fully saturated rings. The summed E-state index contributed by atoms with van der Waals surface area (Å²) in [5, 5.41) is 0.786. The van der Waals surface area contributed by atoms with Crippen LogP contribution in [0.15, 0.2) is 51.7 Å². The number of hydrogen-bond donors (Lipinski definition) is 0. The summed E-state index contributed by atoms with van der Waals surface area (Å²) >= 11 is 0. The predicted octanol–water partition coefficient (Wildman–Crippen LogP) is 4.12. The first-order valence-electron chi connectivity index (χ1n) is 8.68. The monoisotopic (exact) mass is 368 g/mol. The van der Waals surface area contributed by atoms with Gasteiger partial charge in [0.25, 0.3) is 0 Å². The van der Waals surface area contributed by atoms with Gasteiger partial charge in [-0.05, 0) is 56.7 Å². The highest BCUT2D eigenvalue weighted by Crippen LogP contribution is 2.29. The van der Waals surface area contributed by atoms with Crippen molar-refractivity contribution in [3.05, 3.63) is 64.0 Å². The Morgan fingerprint density at radius 3 is 2.44 bits per heavy atom. The Morgan fingerprint density at radius 2 is 1.70 bits per heavy atom. The van der Waals surface area contributed by atoms with Gasteiger partial charge >= 0.3 is 11.6 Å². The van der Waals surface area contributed by atoms with Crippen LogP contribution in [0.5, 0.6) is 17.2 Å². The SMILES string of the molecule is CCOc1ccc(C(=O)Oc2ccc3c(C)cc(=O)oc3c2)cc1OCC. The maximum Gasteiger partial charge on any atom is 0.343 e. The van der Waals surface area contributed by atoms with Gasteiger partial charge in [-0.1, -0.05) is 0 Å².